The zero-order chi connectivity index (χ0) is 33.4. The number of allylic oxidation sites excluding steroid dienone is 2. The largest absolute Gasteiger partial charge is 0.455 e. The highest BCUT2D eigenvalue weighted by Gasteiger charge is 2.22. The monoisotopic (exact) mass is 639 g/mol. The van der Waals surface area contributed by atoms with Gasteiger partial charge < -0.3 is 9.32 Å². The van der Waals surface area contributed by atoms with E-state index >= 15 is 0 Å². The molecule has 0 saturated carbocycles. The van der Waals surface area contributed by atoms with Crippen LogP contribution in [0.4, 0.5) is 17.1 Å². The maximum absolute atomic E-state index is 6.74. The molecule has 0 aliphatic carbocycles. The molecule has 0 amide bonds. The molecule has 8 aromatic carbocycles. The minimum atomic E-state index is 0.798. The molecule has 0 unspecified atom stereocenters. The molecule has 9 aromatic rings. The number of fused-ring (bicyclic) bond motifs is 5. The SMILES string of the molecule is C=C/C=C(\c1cc2ccc3ccccc3c2o1)c1ccccc1N(c1cccc(-c2cccc3ccccc23)c1)c1ccc2ccccc2c1. The van der Waals surface area contributed by atoms with E-state index in [1.165, 1.54) is 27.1 Å². The van der Waals surface area contributed by atoms with Gasteiger partial charge in [0, 0.05) is 33.3 Å². The first kappa shape index (κ1) is 29.5. The van der Waals surface area contributed by atoms with Crippen molar-refractivity contribution >= 4 is 65.9 Å². The quantitative estimate of drug-likeness (QED) is 0.161. The van der Waals surface area contributed by atoms with E-state index in [1.807, 2.05) is 6.08 Å². The van der Waals surface area contributed by atoms with Crippen molar-refractivity contribution in [2.24, 2.45) is 0 Å². The minimum absolute atomic E-state index is 0.798. The van der Waals surface area contributed by atoms with E-state index in [1.54, 1.807) is 0 Å². The maximum Gasteiger partial charge on any atom is 0.142 e. The summed E-state index contributed by atoms with van der Waals surface area (Å²) in [6, 6.07) is 62.6. The third-order valence-electron chi connectivity index (χ3n) is 9.59. The van der Waals surface area contributed by atoms with Gasteiger partial charge in [0.05, 0.1) is 5.69 Å². The molecular formula is C48H33NO. The first-order valence-electron chi connectivity index (χ1n) is 17.0. The third kappa shape index (κ3) is 5.15. The van der Waals surface area contributed by atoms with Crippen LogP contribution in [-0.2, 0) is 0 Å². The summed E-state index contributed by atoms with van der Waals surface area (Å²) in [5, 5.41) is 8.18. The molecule has 0 atom stereocenters. The summed E-state index contributed by atoms with van der Waals surface area (Å²) < 4.78 is 6.74. The number of benzene rings is 8. The van der Waals surface area contributed by atoms with Gasteiger partial charge in [-0.1, -0.05) is 158 Å². The molecule has 0 aliphatic rings. The Labute approximate surface area is 291 Å². The van der Waals surface area contributed by atoms with Crippen molar-refractivity contribution in [2.75, 3.05) is 4.90 Å². The van der Waals surface area contributed by atoms with Crippen molar-refractivity contribution in [2.45, 2.75) is 0 Å². The molecule has 0 spiro atoms. The van der Waals surface area contributed by atoms with Crippen molar-refractivity contribution in [1.29, 1.82) is 0 Å². The minimum Gasteiger partial charge on any atom is -0.455 e. The fourth-order valence-electron chi connectivity index (χ4n) is 7.25. The number of anilines is 3. The topological polar surface area (TPSA) is 16.4 Å². The Bertz CT molecular complexity index is 2740. The highest BCUT2D eigenvalue weighted by molar-refractivity contribution is 6.06. The smallest absolute Gasteiger partial charge is 0.142 e. The Morgan fingerprint density at radius 3 is 2.00 bits per heavy atom. The number of nitrogens with zero attached hydrogens (tertiary/aromatic N) is 1. The van der Waals surface area contributed by atoms with Gasteiger partial charge in [0.2, 0.25) is 0 Å². The molecule has 50 heavy (non-hydrogen) atoms. The van der Waals surface area contributed by atoms with Crippen LogP contribution < -0.4 is 4.90 Å². The van der Waals surface area contributed by atoms with E-state index in [-0.39, 0.29) is 0 Å². The summed E-state index contributed by atoms with van der Waals surface area (Å²) in [5.41, 5.74) is 8.43. The number of furan rings is 1. The predicted octanol–water partition coefficient (Wildman–Crippen LogP) is 13.6. The molecule has 1 aromatic heterocycles. The third-order valence-corrected chi connectivity index (χ3v) is 9.59. The van der Waals surface area contributed by atoms with Gasteiger partial charge in [-0.25, -0.2) is 0 Å². The molecule has 0 bridgehead atoms. The Balaban J connectivity index is 1.26. The molecule has 1 heterocycles. The molecular weight excluding hydrogens is 607 g/mol. The van der Waals surface area contributed by atoms with Gasteiger partial charge in [0.1, 0.15) is 11.3 Å². The molecule has 2 nitrogen and oxygen atoms in total. The van der Waals surface area contributed by atoms with Crippen molar-refractivity contribution in [3.63, 3.8) is 0 Å². The lowest BCUT2D eigenvalue weighted by Crippen LogP contribution is -2.12. The van der Waals surface area contributed by atoms with Crippen LogP contribution in [-0.4, -0.2) is 0 Å². The second-order valence-electron chi connectivity index (χ2n) is 12.6. The van der Waals surface area contributed by atoms with E-state index in [9.17, 15) is 0 Å². The van der Waals surface area contributed by atoms with Crippen LogP contribution in [0.2, 0.25) is 0 Å². The number of para-hydroxylation sites is 1. The van der Waals surface area contributed by atoms with Crippen LogP contribution in [0, 0.1) is 0 Å². The van der Waals surface area contributed by atoms with Crippen molar-refractivity contribution in [1.82, 2.24) is 0 Å². The van der Waals surface area contributed by atoms with Gasteiger partial charge in [-0.2, -0.15) is 0 Å². The standard InChI is InChI=1S/C48H33NO/c1-2-13-45(47-32-38-27-26-35-16-6-8-22-43(35)48(38)50-47)44-23-9-10-25-46(44)49(40-29-28-33-14-3-4-17-36(33)30-40)39-20-11-19-37(31-39)42-24-12-18-34-15-5-7-21-41(34)42/h2-32H,1H2/b45-13-. The lowest BCUT2D eigenvalue weighted by Gasteiger charge is -2.29. The van der Waals surface area contributed by atoms with E-state index in [2.05, 4.69) is 193 Å². The average molecular weight is 640 g/mol. The van der Waals surface area contributed by atoms with Crippen molar-refractivity contribution in [3.8, 4) is 11.1 Å². The lowest BCUT2D eigenvalue weighted by atomic mass is 9.96. The molecule has 0 saturated heterocycles. The summed E-state index contributed by atoms with van der Waals surface area (Å²) in [6.45, 7) is 4.12. The van der Waals surface area contributed by atoms with Gasteiger partial charge in [0.25, 0.3) is 0 Å². The Hall–Kier alpha value is -6.64. The summed E-state index contributed by atoms with van der Waals surface area (Å²) in [5.74, 6) is 0.798. The van der Waals surface area contributed by atoms with Gasteiger partial charge in [-0.15, -0.1) is 0 Å². The molecule has 0 N–H and O–H groups in total. The van der Waals surface area contributed by atoms with Crippen LogP contribution in [0.1, 0.15) is 11.3 Å². The molecule has 2 heteroatoms. The number of hydrogen-bond donors (Lipinski definition) is 0. The van der Waals surface area contributed by atoms with Crippen LogP contribution in [0.25, 0.3) is 60.0 Å². The molecule has 0 fully saturated rings. The molecule has 236 valence electrons. The first-order valence-corrected chi connectivity index (χ1v) is 17.0. The molecule has 0 aliphatic heterocycles. The summed E-state index contributed by atoms with van der Waals surface area (Å²) >= 11 is 0. The second kappa shape index (κ2) is 12.4. The van der Waals surface area contributed by atoms with Gasteiger partial charge in [-0.05, 0) is 74.5 Å². The van der Waals surface area contributed by atoms with Crippen LogP contribution in [0.3, 0.4) is 0 Å². The molecule has 9 rings (SSSR count). The molecule has 0 radical (unpaired) electrons. The highest BCUT2D eigenvalue weighted by atomic mass is 16.3. The maximum atomic E-state index is 6.74. The Morgan fingerprint density at radius 2 is 1.14 bits per heavy atom. The van der Waals surface area contributed by atoms with Crippen LogP contribution in [0.15, 0.2) is 199 Å². The van der Waals surface area contributed by atoms with Crippen molar-refractivity contribution < 1.29 is 4.42 Å². The predicted molar refractivity (Wildman–Crippen MR) is 213 cm³/mol. The van der Waals surface area contributed by atoms with E-state index < -0.39 is 0 Å². The lowest BCUT2D eigenvalue weighted by molar-refractivity contribution is 0.603. The number of rotatable bonds is 7. The van der Waals surface area contributed by atoms with E-state index in [4.69, 9.17) is 4.42 Å². The number of hydrogen-bond acceptors (Lipinski definition) is 2. The zero-order valence-corrected chi connectivity index (χ0v) is 27.5. The first-order chi connectivity index (χ1) is 24.7. The fourth-order valence-corrected chi connectivity index (χ4v) is 7.25. The van der Waals surface area contributed by atoms with Gasteiger partial charge >= 0.3 is 0 Å². The van der Waals surface area contributed by atoms with E-state index in [0.717, 1.165) is 61.3 Å². The van der Waals surface area contributed by atoms with Crippen LogP contribution >= 0.6 is 0 Å². The summed E-state index contributed by atoms with van der Waals surface area (Å²) in [4.78, 5) is 2.37. The van der Waals surface area contributed by atoms with Gasteiger partial charge in [0.15, 0.2) is 0 Å². The van der Waals surface area contributed by atoms with Crippen molar-refractivity contribution in [3.05, 3.63) is 206 Å². The average Bonchev–Trinajstić information content (AvgIpc) is 3.62. The summed E-state index contributed by atoms with van der Waals surface area (Å²) in [7, 11) is 0. The summed E-state index contributed by atoms with van der Waals surface area (Å²) in [6.07, 6.45) is 3.91. The van der Waals surface area contributed by atoms with E-state index in [0.29, 0.717) is 0 Å². The van der Waals surface area contributed by atoms with Crippen LogP contribution in [0.5, 0.6) is 0 Å². The second-order valence-corrected chi connectivity index (χ2v) is 12.6. The van der Waals surface area contributed by atoms with Gasteiger partial charge in [-0.3, -0.25) is 0 Å². The fraction of sp³-hybridized carbons (Fsp3) is 0. The normalized spacial score (nSPS) is 11.8. The Morgan fingerprint density at radius 1 is 0.500 bits per heavy atom. The zero-order valence-electron chi connectivity index (χ0n) is 27.5. The Kier molecular flexibility index (Phi) is 7.33. The highest BCUT2D eigenvalue weighted by Crippen LogP contribution is 2.44.